The van der Waals surface area contributed by atoms with Crippen molar-refractivity contribution in [2.75, 3.05) is 13.1 Å². The second-order valence-electron chi connectivity index (χ2n) is 7.60. The van der Waals surface area contributed by atoms with Crippen molar-refractivity contribution in [2.45, 2.75) is 37.2 Å². The van der Waals surface area contributed by atoms with Gasteiger partial charge in [-0.3, -0.25) is 4.90 Å². The fraction of sp³-hybridized carbons (Fsp3) is 0.333. The van der Waals surface area contributed by atoms with Crippen LogP contribution in [0.5, 0.6) is 0 Å². The third-order valence-electron chi connectivity index (χ3n) is 5.29. The smallest absolute Gasteiger partial charge is 0.241 e. The zero-order valence-electron chi connectivity index (χ0n) is 16.9. The maximum atomic E-state index is 13.8. The average molecular weight is 448 g/mol. The Morgan fingerprint density at radius 1 is 1.13 bits per heavy atom. The highest BCUT2D eigenvalue weighted by molar-refractivity contribution is 7.89. The second kappa shape index (κ2) is 8.81. The van der Waals surface area contributed by atoms with Gasteiger partial charge in [-0.1, -0.05) is 17.3 Å². The first-order valence-electron chi connectivity index (χ1n) is 9.89. The van der Waals surface area contributed by atoms with Crippen LogP contribution < -0.4 is 4.72 Å². The molecular weight excluding hydrogens is 426 g/mol. The van der Waals surface area contributed by atoms with Crippen LogP contribution in [0.1, 0.15) is 24.3 Å². The number of nitrogens with zero attached hydrogens (tertiary/aromatic N) is 3. The zero-order valence-corrected chi connectivity index (χ0v) is 17.7. The van der Waals surface area contributed by atoms with E-state index in [1.54, 1.807) is 19.1 Å². The molecule has 3 aromatic rings. The predicted octanol–water partition coefficient (Wildman–Crippen LogP) is 3.27. The standard InChI is InChI=1S/C21H22F2N4O3S/c1-14-2-3-15(12-19(14)23)21-24-20(30-25-21)13-27-10-8-17(9-11-27)26-31(28,29)18-6-4-16(22)5-7-18/h2-7,12,17,26H,8-11,13H2,1H3. The van der Waals surface area contributed by atoms with Crippen molar-refractivity contribution in [3.8, 4) is 11.4 Å². The molecule has 0 atom stereocenters. The lowest BCUT2D eigenvalue weighted by atomic mass is 10.1. The molecule has 0 aliphatic carbocycles. The van der Waals surface area contributed by atoms with Crippen molar-refractivity contribution in [2.24, 2.45) is 0 Å². The summed E-state index contributed by atoms with van der Waals surface area (Å²) in [5.74, 6) is -0.0601. The quantitative estimate of drug-likeness (QED) is 0.623. The molecule has 0 saturated carbocycles. The van der Waals surface area contributed by atoms with E-state index in [0.717, 1.165) is 12.1 Å². The van der Waals surface area contributed by atoms with Crippen LogP contribution in [0.25, 0.3) is 11.4 Å². The Bertz CT molecular complexity index is 1160. The molecule has 1 fully saturated rings. The molecule has 31 heavy (non-hydrogen) atoms. The van der Waals surface area contributed by atoms with Crippen LogP contribution in [0, 0.1) is 18.6 Å². The summed E-state index contributed by atoms with van der Waals surface area (Å²) in [4.78, 5) is 6.48. The van der Waals surface area contributed by atoms with Gasteiger partial charge in [-0.25, -0.2) is 21.9 Å². The van der Waals surface area contributed by atoms with Crippen molar-refractivity contribution < 1.29 is 21.7 Å². The summed E-state index contributed by atoms with van der Waals surface area (Å²) in [6.45, 7) is 3.41. The lowest BCUT2D eigenvalue weighted by molar-refractivity contribution is 0.177. The van der Waals surface area contributed by atoms with E-state index in [1.165, 1.54) is 18.2 Å². The van der Waals surface area contributed by atoms with Crippen LogP contribution in [-0.4, -0.2) is 42.6 Å². The molecule has 0 radical (unpaired) electrons. The molecule has 0 unspecified atom stereocenters. The zero-order chi connectivity index (χ0) is 22.0. The molecule has 1 aliphatic heterocycles. The minimum absolute atomic E-state index is 0.0438. The van der Waals surface area contributed by atoms with E-state index in [-0.39, 0.29) is 16.8 Å². The predicted molar refractivity (Wildman–Crippen MR) is 109 cm³/mol. The van der Waals surface area contributed by atoms with Crippen LogP contribution in [0.4, 0.5) is 8.78 Å². The molecule has 10 heteroatoms. The van der Waals surface area contributed by atoms with Gasteiger partial charge in [0.25, 0.3) is 0 Å². The number of aromatic nitrogens is 2. The summed E-state index contributed by atoms with van der Waals surface area (Å²) in [6.07, 6.45) is 1.23. The first-order valence-corrected chi connectivity index (χ1v) is 11.4. The fourth-order valence-corrected chi connectivity index (χ4v) is 4.77. The molecule has 0 amide bonds. The highest BCUT2D eigenvalue weighted by Gasteiger charge is 2.25. The lowest BCUT2D eigenvalue weighted by Crippen LogP contribution is -2.44. The molecule has 0 bridgehead atoms. The normalized spacial score (nSPS) is 16.0. The SMILES string of the molecule is Cc1ccc(-c2noc(CN3CCC(NS(=O)(=O)c4ccc(F)cc4)CC3)n2)cc1F. The largest absolute Gasteiger partial charge is 0.338 e. The Balaban J connectivity index is 1.32. The van der Waals surface area contributed by atoms with E-state index in [4.69, 9.17) is 4.52 Å². The molecule has 2 aromatic carbocycles. The topological polar surface area (TPSA) is 88.3 Å². The third kappa shape index (κ3) is 5.15. The van der Waals surface area contributed by atoms with Gasteiger partial charge in [0.05, 0.1) is 11.4 Å². The average Bonchev–Trinajstić information content (AvgIpc) is 3.20. The number of nitrogens with one attached hydrogen (secondary N) is 1. The fourth-order valence-electron chi connectivity index (χ4n) is 3.47. The Labute approximate surface area is 179 Å². The number of piperidine rings is 1. The van der Waals surface area contributed by atoms with Crippen LogP contribution in [0.15, 0.2) is 51.9 Å². The van der Waals surface area contributed by atoms with Gasteiger partial charge >= 0.3 is 0 Å². The summed E-state index contributed by atoms with van der Waals surface area (Å²) in [5, 5.41) is 3.93. The van der Waals surface area contributed by atoms with Gasteiger partial charge in [-0.05, 0) is 55.7 Å². The summed E-state index contributed by atoms with van der Waals surface area (Å²) in [7, 11) is -3.69. The van der Waals surface area contributed by atoms with Crippen molar-refractivity contribution in [3.63, 3.8) is 0 Å². The van der Waals surface area contributed by atoms with Gasteiger partial charge in [0, 0.05) is 24.7 Å². The lowest BCUT2D eigenvalue weighted by Gasteiger charge is -2.31. The maximum absolute atomic E-state index is 13.8. The van der Waals surface area contributed by atoms with Crippen LogP contribution >= 0.6 is 0 Å². The first-order chi connectivity index (χ1) is 14.8. The Hall–Kier alpha value is -2.69. The van der Waals surface area contributed by atoms with Crippen molar-refractivity contribution >= 4 is 10.0 Å². The van der Waals surface area contributed by atoms with Crippen molar-refractivity contribution in [1.82, 2.24) is 19.8 Å². The number of aryl methyl sites for hydroxylation is 1. The summed E-state index contributed by atoms with van der Waals surface area (Å²) >= 11 is 0. The Morgan fingerprint density at radius 3 is 2.52 bits per heavy atom. The highest BCUT2D eigenvalue weighted by atomic mass is 32.2. The van der Waals surface area contributed by atoms with Gasteiger partial charge in [-0.15, -0.1) is 0 Å². The van der Waals surface area contributed by atoms with E-state index >= 15 is 0 Å². The van der Waals surface area contributed by atoms with E-state index in [2.05, 4.69) is 19.8 Å². The summed E-state index contributed by atoms with van der Waals surface area (Å²) in [5.41, 5.74) is 1.09. The number of halogens is 2. The molecule has 1 aliphatic rings. The van der Waals surface area contributed by atoms with E-state index in [1.807, 2.05) is 0 Å². The van der Waals surface area contributed by atoms with Crippen molar-refractivity contribution in [1.29, 1.82) is 0 Å². The molecule has 0 spiro atoms. The number of rotatable bonds is 6. The van der Waals surface area contributed by atoms with Gasteiger partial charge in [0.2, 0.25) is 21.7 Å². The summed E-state index contributed by atoms with van der Waals surface area (Å²) in [6, 6.07) is 9.33. The third-order valence-corrected chi connectivity index (χ3v) is 6.83. The molecular formula is C21H22F2N4O3S. The Kier molecular flexibility index (Phi) is 6.12. The number of hydrogen-bond donors (Lipinski definition) is 1. The van der Waals surface area contributed by atoms with Crippen LogP contribution in [-0.2, 0) is 16.6 Å². The van der Waals surface area contributed by atoms with E-state index < -0.39 is 15.8 Å². The number of sulfonamides is 1. The van der Waals surface area contributed by atoms with Crippen LogP contribution in [0.3, 0.4) is 0 Å². The summed E-state index contributed by atoms with van der Waals surface area (Å²) < 4.78 is 59.7. The van der Waals surface area contributed by atoms with Crippen LogP contribution in [0.2, 0.25) is 0 Å². The first kappa shape index (κ1) is 21.5. The van der Waals surface area contributed by atoms with E-state index in [0.29, 0.717) is 55.3 Å². The van der Waals surface area contributed by atoms with Gasteiger partial charge in [0.1, 0.15) is 11.6 Å². The minimum atomic E-state index is -3.69. The number of likely N-dealkylation sites (tertiary alicyclic amines) is 1. The molecule has 1 saturated heterocycles. The molecule has 1 N–H and O–H groups in total. The molecule has 164 valence electrons. The number of benzene rings is 2. The van der Waals surface area contributed by atoms with E-state index in [9.17, 15) is 17.2 Å². The van der Waals surface area contributed by atoms with Crippen molar-refractivity contribution in [3.05, 3.63) is 65.6 Å². The monoisotopic (exact) mass is 448 g/mol. The molecule has 2 heterocycles. The van der Waals surface area contributed by atoms with Gasteiger partial charge in [-0.2, -0.15) is 4.98 Å². The van der Waals surface area contributed by atoms with Gasteiger partial charge < -0.3 is 4.52 Å². The molecule has 4 rings (SSSR count). The Morgan fingerprint density at radius 2 is 1.84 bits per heavy atom. The highest BCUT2D eigenvalue weighted by Crippen LogP contribution is 2.21. The molecule has 1 aromatic heterocycles. The number of hydrogen-bond acceptors (Lipinski definition) is 6. The molecule has 7 nitrogen and oxygen atoms in total. The second-order valence-corrected chi connectivity index (χ2v) is 9.32. The van der Waals surface area contributed by atoms with Gasteiger partial charge in [0.15, 0.2) is 0 Å². The minimum Gasteiger partial charge on any atom is -0.338 e. The maximum Gasteiger partial charge on any atom is 0.241 e.